The van der Waals surface area contributed by atoms with Gasteiger partial charge >= 0.3 is 0 Å². The van der Waals surface area contributed by atoms with Crippen LogP contribution in [0.1, 0.15) is 10.4 Å². The number of para-hydroxylation sites is 1. The van der Waals surface area contributed by atoms with Crippen LogP contribution in [0.3, 0.4) is 0 Å². The van der Waals surface area contributed by atoms with Crippen LogP contribution in [-0.4, -0.2) is 10.9 Å². The predicted octanol–water partition coefficient (Wildman–Crippen LogP) is 4.49. The molecule has 3 rings (SSSR count). The standard InChI is InChI=1S/C18H12F3N3O/c19-12-4-1-3-11(9-12)18(25)24-16-8-7-13(10-22-16)23-17-14(20)5-2-6-15(17)21/h1-10,23H,(H,22,24,25). The molecule has 7 heteroatoms. The second-order valence-corrected chi connectivity index (χ2v) is 5.12. The molecule has 0 spiro atoms. The average Bonchev–Trinajstić information content (AvgIpc) is 2.60. The lowest BCUT2D eigenvalue weighted by molar-refractivity contribution is 0.102. The number of amides is 1. The van der Waals surface area contributed by atoms with E-state index in [1.807, 2.05) is 0 Å². The number of benzene rings is 2. The lowest BCUT2D eigenvalue weighted by atomic mass is 10.2. The topological polar surface area (TPSA) is 54.0 Å². The normalized spacial score (nSPS) is 10.4. The summed E-state index contributed by atoms with van der Waals surface area (Å²) in [7, 11) is 0. The smallest absolute Gasteiger partial charge is 0.256 e. The lowest BCUT2D eigenvalue weighted by Crippen LogP contribution is -2.13. The maximum Gasteiger partial charge on any atom is 0.256 e. The Morgan fingerprint density at radius 2 is 1.64 bits per heavy atom. The van der Waals surface area contributed by atoms with Crippen molar-refractivity contribution in [1.82, 2.24) is 4.98 Å². The Morgan fingerprint density at radius 1 is 0.920 bits per heavy atom. The van der Waals surface area contributed by atoms with Gasteiger partial charge in [0, 0.05) is 5.56 Å². The molecule has 0 atom stereocenters. The number of aromatic nitrogens is 1. The Labute approximate surface area is 141 Å². The summed E-state index contributed by atoms with van der Waals surface area (Å²) in [6.07, 6.45) is 1.31. The van der Waals surface area contributed by atoms with Crippen LogP contribution < -0.4 is 10.6 Å². The molecule has 0 radical (unpaired) electrons. The summed E-state index contributed by atoms with van der Waals surface area (Å²) >= 11 is 0. The van der Waals surface area contributed by atoms with Crippen molar-refractivity contribution in [2.75, 3.05) is 10.6 Å². The zero-order valence-corrected chi connectivity index (χ0v) is 12.8. The highest BCUT2D eigenvalue weighted by atomic mass is 19.1. The minimum atomic E-state index is -0.733. The summed E-state index contributed by atoms with van der Waals surface area (Å²) in [4.78, 5) is 16.0. The first-order chi connectivity index (χ1) is 12.0. The molecule has 1 aromatic heterocycles. The highest BCUT2D eigenvalue weighted by Crippen LogP contribution is 2.23. The Balaban J connectivity index is 1.71. The van der Waals surface area contributed by atoms with Gasteiger partial charge in [0.15, 0.2) is 0 Å². The third kappa shape index (κ3) is 3.95. The van der Waals surface area contributed by atoms with Crippen LogP contribution in [0.5, 0.6) is 0 Å². The van der Waals surface area contributed by atoms with Gasteiger partial charge in [-0.05, 0) is 42.5 Å². The van der Waals surface area contributed by atoms with Gasteiger partial charge < -0.3 is 10.6 Å². The van der Waals surface area contributed by atoms with Crippen molar-refractivity contribution in [3.63, 3.8) is 0 Å². The number of nitrogens with zero attached hydrogens (tertiary/aromatic N) is 1. The average molecular weight is 343 g/mol. The first-order valence-corrected chi connectivity index (χ1v) is 7.27. The van der Waals surface area contributed by atoms with Crippen LogP contribution in [0.15, 0.2) is 60.8 Å². The third-order valence-corrected chi connectivity index (χ3v) is 3.32. The molecular formula is C18H12F3N3O. The van der Waals surface area contributed by atoms with Gasteiger partial charge in [0.25, 0.3) is 5.91 Å². The van der Waals surface area contributed by atoms with E-state index in [1.165, 1.54) is 42.6 Å². The molecule has 25 heavy (non-hydrogen) atoms. The molecule has 0 aliphatic carbocycles. The fourth-order valence-electron chi connectivity index (χ4n) is 2.12. The fraction of sp³-hybridized carbons (Fsp3) is 0. The van der Waals surface area contributed by atoms with Crippen LogP contribution in [0, 0.1) is 17.5 Å². The predicted molar refractivity (Wildman–Crippen MR) is 88.2 cm³/mol. The van der Waals surface area contributed by atoms with Crippen molar-refractivity contribution in [2.45, 2.75) is 0 Å². The third-order valence-electron chi connectivity index (χ3n) is 3.32. The highest BCUT2D eigenvalue weighted by molar-refractivity contribution is 6.03. The van der Waals surface area contributed by atoms with Gasteiger partial charge in [0.2, 0.25) is 0 Å². The van der Waals surface area contributed by atoms with Crippen LogP contribution in [-0.2, 0) is 0 Å². The molecule has 0 fully saturated rings. The van der Waals surface area contributed by atoms with E-state index in [0.717, 1.165) is 18.2 Å². The fourth-order valence-corrected chi connectivity index (χ4v) is 2.12. The molecule has 1 heterocycles. The minimum absolute atomic E-state index is 0.150. The summed E-state index contributed by atoms with van der Waals surface area (Å²) in [5.74, 6) is -2.29. The molecule has 0 saturated heterocycles. The van der Waals surface area contributed by atoms with Gasteiger partial charge in [0.1, 0.15) is 29.0 Å². The van der Waals surface area contributed by atoms with Crippen LogP contribution in [0.25, 0.3) is 0 Å². The van der Waals surface area contributed by atoms with Gasteiger partial charge in [-0.3, -0.25) is 4.79 Å². The SMILES string of the molecule is O=C(Nc1ccc(Nc2c(F)cccc2F)cn1)c1cccc(F)c1. The molecule has 0 unspecified atom stereocenters. The first-order valence-electron chi connectivity index (χ1n) is 7.27. The quantitative estimate of drug-likeness (QED) is 0.734. The maximum atomic E-state index is 13.6. The molecule has 0 bridgehead atoms. The summed E-state index contributed by atoms with van der Waals surface area (Å²) in [5, 5.41) is 5.09. The van der Waals surface area contributed by atoms with Gasteiger partial charge in [-0.1, -0.05) is 12.1 Å². The van der Waals surface area contributed by atoms with Crippen LogP contribution in [0.4, 0.5) is 30.4 Å². The van der Waals surface area contributed by atoms with E-state index < -0.39 is 23.4 Å². The van der Waals surface area contributed by atoms with Gasteiger partial charge in [0.05, 0.1) is 11.9 Å². The zero-order valence-electron chi connectivity index (χ0n) is 12.8. The minimum Gasteiger partial charge on any atom is -0.349 e. The molecule has 0 aliphatic heterocycles. The van der Waals surface area contributed by atoms with E-state index >= 15 is 0 Å². The number of rotatable bonds is 4. The van der Waals surface area contributed by atoms with E-state index in [4.69, 9.17) is 0 Å². The van der Waals surface area contributed by atoms with Gasteiger partial charge in [-0.15, -0.1) is 0 Å². The molecular weight excluding hydrogens is 331 g/mol. The van der Waals surface area contributed by atoms with E-state index in [0.29, 0.717) is 5.69 Å². The van der Waals surface area contributed by atoms with Crippen molar-refractivity contribution < 1.29 is 18.0 Å². The summed E-state index contributed by atoms with van der Waals surface area (Å²) < 4.78 is 40.3. The van der Waals surface area contributed by atoms with Crippen LogP contribution in [0.2, 0.25) is 0 Å². The largest absolute Gasteiger partial charge is 0.349 e. The second-order valence-electron chi connectivity index (χ2n) is 5.12. The molecule has 1 amide bonds. The van der Waals surface area contributed by atoms with Crippen molar-refractivity contribution in [2.24, 2.45) is 0 Å². The number of carbonyl (C=O) groups excluding carboxylic acids is 1. The molecule has 126 valence electrons. The van der Waals surface area contributed by atoms with Gasteiger partial charge in [-0.2, -0.15) is 0 Å². The van der Waals surface area contributed by atoms with Crippen molar-refractivity contribution in [3.8, 4) is 0 Å². The number of anilines is 3. The molecule has 3 aromatic rings. The van der Waals surface area contributed by atoms with E-state index in [9.17, 15) is 18.0 Å². The number of carbonyl (C=O) groups is 1. The second kappa shape index (κ2) is 7.04. The van der Waals surface area contributed by atoms with E-state index in [-0.39, 0.29) is 17.1 Å². The van der Waals surface area contributed by atoms with Crippen molar-refractivity contribution in [3.05, 3.63) is 83.8 Å². The molecule has 0 aliphatic rings. The summed E-state index contributed by atoms with van der Waals surface area (Å²) in [6, 6.07) is 11.7. The molecule has 4 nitrogen and oxygen atoms in total. The zero-order chi connectivity index (χ0) is 17.8. The number of halogens is 3. The molecule has 0 saturated carbocycles. The number of hydrogen-bond acceptors (Lipinski definition) is 3. The monoisotopic (exact) mass is 343 g/mol. The van der Waals surface area contributed by atoms with Gasteiger partial charge in [-0.25, -0.2) is 18.2 Å². The number of hydrogen-bond donors (Lipinski definition) is 2. The highest BCUT2D eigenvalue weighted by Gasteiger charge is 2.10. The Bertz CT molecular complexity index is 893. The van der Waals surface area contributed by atoms with Crippen molar-refractivity contribution in [1.29, 1.82) is 0 Å². The molecule has 2 aromatic carbocycles. The Hall–Kier alpha value is -3.35. The Morgan fingerprint density at radius 3 is 2.28 bits per heavy atom. The molecule has 2 N–H and O–H groups in total. The Kier molecular flexibility index (Phi) is 4.65. The summed E-state index contributed by atoms with van der Waals surface area (Å²) in [6.45, 7) is 0. The van der Waals surface area contributed by atoms with E-state index in [1.54, 1.807) is 0 Å². The first kappa shape index (κ1) is 16.5. The number of pyridine rings is 1. The van der Waals surface area contributed by atoms with Crippen molar-refractivity contribution >= 4 is 23.1 Å². The van der Waals surface area contributed by atoms with Crippen LogP contribution >= 0.6 is 0 Å². The maximum absolute atomic E-state index is 13.6. The number of nitrogens with one attached hydrogen (secondary N) is 2. The lowest BCUT2D eigenvalue weighted by Gasteiger charge is -2.09. The summed E-state index contributed by atoms with van der Waals surface area (Å²) in [5.41, 5.74) is 0.200. The van der Waals surface area contributed by atoms with E-state index in [2.05, 4.69) is 15.6 Å².